The van der Waals surface area contributed by atoms with Crippen LogP contribution in [0.4, 0.5) is 0 Å². The molecule has 0 atom stereocenters. The van der Waals surface area contributed by atoms with Crippen molar-refractivity contribution in [2.75, 3.05) is 0 Å². The topological polar surface area (TPSA) is 15.8 Å². The van der Waals surface area contributed by atoms with Crippen molar-refractivity contribution in [3.05, 3.63) is 33.8 Å². The molecule has 0 bridgehead atoms. The first-order valence-corrected chi connectivity index (χ1v) is 5.42. The second-order valence-electron chi connectivity index (χ2n) is 3.37. The summed E-state index contributed by atoms with van der Waals surface area (Å²) in [6.45, 7) is 10.0. The Hall–Kier alpha value is -1.50. The molecule has 1 aromatic rings. The highest BCUT2D eigenvalue weighted by atomic mass is 14.7. The van der Waals surface area contributed by atoms with Crippen molar-refractivity contribution in [2.24, 2.45) is 0 Å². The van der Waals surface area contributed by atoms with E-state index >= 15 is 0 Å². The second kappa shape index (κ2) is 5.40. The lowest BCUT2D eigenvalue weighted by molar-refractivity contribution is 1.24. The smallest absolute Gasteiger partial charge is 0.0421 e. The molecule has 1 N–H and O–H groups in total. The molecule has 0 amide bonds. The van der Waals surface area contributed by atoms with Gasteiger partial charge in [-0.25, -0.2) is 0 Å². The fourth-order valence-corrected chi connectivity index (χ4v) is 1.75. The molecule has 1 aromatic heterocycles. The highest BCUT2D eigenvalue weighted by Crippen LogP contribution is 1.71. The zero-order chi connectivity index (χ0) is 11.3. The third-order valence-corrected chi connectivity index (χ3v) is 2.41. The number of rotatable bonds is 2. The minimum Gasteiger partial charge on any atom is -0.355 e. The molecule has 0 spiro atoms. The molecule has 80 valence electrons. The highest BCUT2D eigenvalue weighted by Gasteiger charge is 1.92. The van der Waals surface area contributed by atoms with Crippen molar-refractivity contribution in [1.29, 1.82) is 0 Å². The SMILES string of the molecule is C=C\C=c1/c(=CC)[nH]c(=C/C)/c1=C\CC. The van der Waals surface area contributed by atoms with Gasteiger partial charge in [0.1, 0.15) is 0 Å². The van der Waals surface area contributed by atoms with Crippen molar-refractivity contribution < 1.29 is 0 Å². The lowest BCUT2D eigenvalue weighted by atomic mass is 10.2. The Morgan fingerprint density at radius 3 is 2.20 bits per heavy atom. The summed E-state index contributed by atoms with van der Waals surface area (Å²) in [6, 6.07) is 0. The largest absolute Gasteiger partial charge is 0.355 e. The fraction of sp³-hybridized carbons (Fsp3) is 0.286. The van der Waals surface area contributed by atoms with E-state index in [9.17, 15) is 0 Å². The van der Waals surface area contributed by atoms with Gasteiger partial charge in [-0.15, -0.1) is 0 Å². The van der Waals surface area contributed by atoms with Crippen LogP contribution in [-0.4, -0.2) is 4.98 Å². The monoisotopic (exact) mass is 201 g/mol. The molecule has 0 aliphatic carbocycles. The van der Waals surface area contributed by atoms with E-state index in [0.29, 0.717) is 0 Å². The average Bonchev–Trinajstić information content (AvgIpc) is 2.58. The van der Waals surface area contributed by atoms with E-state index in [1.807, 2.05) is 13.0 Å². The summed E-state index contributed by atoms with van der Waals surface area (Å²) >= 11 is 0. The molecule has 0 saturated carbocycles. The van der Waals surface area contributed by atoms with Crippen molar-refractivity contribution in [3.63, 3.8) is 0 Å². The van der Waals surface area contributed by atoms with Crippen LogP contribution in [0.2, 0.25) is 0 Å². The molecule has 15 heavy (non-hydrogen) atoms. The molecule has 1 heteroatoms. The van der Waals surface area contributed by atoms with E-state index in [1.165, 1.54) is 21.1 Å². The van der Waals surface area contributed by atoms with E-state index in [2.05, 4.69) is 49.7 Å². The minimum absolute atomic E-state index is 1.04. The number of nitrogens with one attached hydrogen (secondary N) is 1. The van der Waals surface area contributed by atoms with Gasteiger partial charge in [-0.1, -0.05) is 43.9 Å². The van der Waals surface area contributed by atoms with Crippen molar-refractivity contribution >= 4 is 24.3 Å². The average molecular weight is 201 g/mol. The van der Waals surface area contributed by atoms with Crippen LogP contribution in [0.3, 0.4) is 0 Å². The van der Waals surface area contributed by atoms with Crippen LogP contribution in [0.15, 0.2) is 12.7 Å². The minimum atomic E-state index is 1.04. The van der Waals surface area contributed by atoms with E-state index in [4.69, 9.17) is 0 Å². The lowest BCUT2D eigenvalue weighted by Crippen LogP contribution is -2.37. The standard InChI is InChI=1S/C14H19N/c1-5-9-11-12(10-6-2)14(8-4)15-13(11)7-3/h5,7-10,15H,1,6H2,2-4H3/b11-9-,12-10-,13-7?,14-8+. The third-order valence-electron chi connectivity index (χ3n) is 2.41. The molecule has 0 fully saturated rings. The van der Waals surface area contributed by atoms with Crippen LogP contribution in [0.25, 0.3) is 24.3 Å². The van der Waals surface area contributed by atoms with Crippen LogP contribution in [0.1, 0.15) is 27.2 Å². The first-order chi connectivity index (χ1) is 7.28. The van der Waals surface area contributed by atoms with Crippen LogP contribution in [0, 0.1) is 0 Å². The maximum atomic E-state index is 3.76. The molecule has 1 nitrogen and oxygen atoms in total. The Bertz CT molecular complexity index is 556. The highest BCUT2D eigenvalue weighted by molar-refractivity contribution is 5.41. The van der Waals surface area contributed by atoms with Gasteiger partial charge in [-0.05, 0) is 20.3 Å². The van der Waals surface area contributed by atoms with Gasteiger partial charge in [0.2, 0.25) is 0 Å². The summed E-state index contributed by atoms with van der Waals surface area (Å²) in [5.74, 6) is 0. The summed E-state index contributed by atoms with van der Waals surface area (Å²) < 4.78 is 0. The van der Waals surface area contributed by atoms with Crippen LogP contribution in [-0.2, 0) is 0 Å². The van der Waals surface area contributed by atoms with Gasteiger partial charge in [0, 0.05) is 21.1 Å². The number of hydrogen-bond acceptors (Lipinski definition) is 0. The zero-order valence-electron chi connectivity index (χ0n) is 9.80. The third kappa shape index (κ3) is 2.30. The van der Waals surface area contributed by atoms with Gasteiger partial charge in [0.25, 0.3) is 0 Å². The second-order valence-corrected chi connectivity index (χ2v) is 3.37. The molecular weight excluding hydrogens is 182 g/mol. The number of aromatic nitrogens is 1. The molecule has 0 unspecified atom stereocenters. The van der Waals surface area contributed by atoms with Crippen molar-refractivity contribution in [2.45, 2.75) is 27.2 Å². The fourth-order valence-electron chi connectivity index (χ4n) is 1.75. The lowest BCUT2D eigenvalue weighted by Gasteiger charge is -1.80. The summed E-state index contributed by atoms with van der Waals surface area (Å²) in [5, 5.41) is 4.89. The van der Waals surface area contributed by atoms with Gasteiger partial charge in [0.05, 0.1) is 0 Å². The van der Waals surface area contributed by atoms with E-state index in [0.717, 1.165) is 6.42 Å². The number of H-pyrrole nitrogens is 1. The Labute approximate surface area is 90.8 Å². The summed E-state index contributed by atoms with van der Waals surface area (Å²) in [4.78, 5) is 3.40. The molecule has 0 aliphatic rings. The van der Waals surface area contributed by atoms with Crippen molar-refractivity contribution in [3.8, 4) is 0 Å². The van der Waals surface area contributed by atoms with Crippen LogP contribution >= 0.6 is 0 Å². The zero-order valence-corrected chi connectivity index (χ0v) is 9.80. The van der Waals surface area contributed by atoms with Crippen LogP contribution in [0.5, 0.6) is 0 Å². The molecule has 0 aliphatic heterocycles. The van der Waals surface area contributed by atoms with Gasteiger partial charge in [-0.2, -0.15) is 0 Å². The molecule has 0 aromatic carbocycles. The van der Waals surface area contributed by atoms with Crippen LogP contribution < -0.4 is 21.1 Å². The predicted octanol–water partition coefficient (Wildman–Crippen LogP) is 0.772. The number of hydrogen-bond donors (Lipinski definition) is 1. The quantitative estimate of drug-likeness (QED) is 0.727. The molecule has 0 saturated heterocycles. The first-order valence-electron chi connectivity index (χ1n) is 5.42. The first kappa shape index (κ1) is 11.6. The van der Waals surface area contributed by atoms with Gasteiger partial charge >= 0.3 is 0 Å². The Kier molecular flexibility index (Phi) is 4.17. The molecular formula is C14H19N. The van der Waals surface area contributed by atoms with Crippen molar-refractivity contribution in [1.82, 2.24) is 4.98 Å². The molecule has 0 radical (unpaired) electrons. The summed E-state index contributed by atoms with van der Waals surface area (Å²) in [7, 11) is 0. The van der Waals surface area contributed by atoms with E-state index in [1.54, 1.807) is 0 Å². The summed E-state index contributed by atoms with van der Waals surface area (Å²) in [6.07, 6.45) is 11.4. The molecule has 1 rings (SSSR count). The van der Waals surface area contributed by atoms with Gasteiger partial charge in [-0.3, -0.25) is 0 Å². The molecule has 1 heterocycles. The predicted molar refractivity (Wildman–Crippen MR) is 69.0 cm³/mol. The Balaban J connectivity index is 3.92. The maximum Gasteiger partial charge on any atom is 0.0421 e. The Morgan fingerprint density at radius 2 is 1.73 bits per heavy atom. The number of allylic oxidation sites excluding steroid dienone is 1. The normalized spacial score (nSPS) is 16.5. The summed E-state index contributed by atoms with van der Waals surface area (Å²) in [5.41, 5.74) is 0. The van der Waals surface area contributed by atoms with E-state index in [-0.39, 0.29) is 0 Å². The van der Waals surface area contributed by atoms with E-state index < -0.39 is 0 Å². The van der Waals surface area contributed by atoms with Gasteiger partial charge in [0.15, 0.2) is 0 Å². The Morgan fingerprint density at radius 1 is 1.13 bits per heavy atom. The number of aromatic amines is 1. The van der Waals surface area contributed by atoms with Gasteiger partial charge < -0.3 is 4.98 Å². The maximum absolute atomic E-state index is 3.76.